The summed E-state index contributed by atoms with van der Waals surface area (Å²) in [5, 5.41) is 0. The highest BCUT2D eigenvalue weighted by atomic mass is 16.5. The Bertz CT molecular complexity index is 1010. The molecule has 0 aliphatic rings. The highest BCUT2D eigenvalue weighted by molar-refractivity contribution is 5.89. The van der Waals surface area contributed by atoms with Crippen molar-refractivity contribution in [2.75, 3.05) is 11.5 Å². The van der Waals surface area contributed by atoms with Crippen LogP contribution in [0.15, 0.2) is 85.5 Å². The first kappa shape index (κ1) is 18.8. The predicted molar refractivity (Wildman–Crippen MR) is 112 cm³/mol. The highest BCUT2D eigenvalue weighted by Crippen LogP contribution is 2.24. The SMILES string of the molecule is C=C(Oc1ccc(/C=C/C(=O)Oc2ccc(N)cc2N)cc1)c1ccccc1. The molecule has 0 bridgehead atoms. The molecule has 3 aromatic carbocycles. The number of carbonyl (C=O) groups excluding carboxylic acids is 1. The van der Waals surface area contributed by atoms with E-state index in [9.17, 15) is 4.79 Å². The van der Waals surface area contributed by atoms with Gasteiger partial charge in [0.15, 0.2) is 5.75 Å². The lowest BCUT2D eigenvalue weighted by Gasteiger charge is -2.09. The maximum atomic E-state index is 12.0. The third-order valence-electron chi connectivity index (χ3n) is 3.87. The molecule has 0 saturated carbocycles. The van der Waals surface area contributed by atoms with Crippen molar-refractivity contribution in [2.45, 2.75) is 0 Å². The summed E-state index contributed by atoms with van der Waals surface area (Å²) in [6, 6.07) is 21.6. The van der Waals surface area contributed by atoms with Gasteiger partial charge in [0.2, 0.25) is 0 Å². The van der Waals surface area contributed by atoms with Crippen LogP contribution in [-0.4, -0.2) is 5.97 Å². The van der Waals surface area contributed by atoms with E-state index in [1.807, 2.05) is 42.5 Å². The zero-order valence-electron chi connectivity index (χ0n) is 15.2. The number of ether oxygens (including phenoxy) is 2. The molecule has 0 spiro atoms. The van der Waals surface area contributed by atoms with Gasteiger partial charge in [0.25, 0.3) is 0 Å². The Morgan fingerprint density at radius 2 is 1.61 bits per heavy atom. The summed E-state index contributed by atoms with van der Waals surface area (Å²) in [6.45, 7) is 3.94. The van der Waals surface area contributed by atoms with Gasteiger partial charge in [0.1, 0.15) is 11.5 Å². The van der Waals surface area contributed by atoms with Gasteiger partial charge in [0, 0.05) is 17.3 Å². The number of carbonyl (C=O) groups is 1. The summed E-state index contributed by atoms with van der Waals surface area (Å²) >= 11 is 0. The fourth-order valence-electron chi connectivity index (χ4n) is 2.44. The number of rotatable bonds is 6. The zero-order valence-corrected chi connectivity index (χ0v) is 15.2. The molecule has 0 aromatic heterocycles. The molecular weight excluding hydrogens is 352 g/mol. The van der Waals surface area contributed by atoms with Crippen LogP contribution in [0.5, 0.6) is 11.5 Å². The summed E-state index contributed by atoms with van der Waals surface area (Å²) in [5.74, 6) is 0.957. The van der Waals surface area contributed by atoms with Crippen molar-refractivity contribution in [2.24, 2.45) is 0 Å². The Labute approximate surface area is 163 Å². The molecule has 0 amide bonds. The van der Waals surface area contributed by atoms with Crippen LogP contribution in [0.2, 0.25) is 0 Å². The van der Waals surface area contributed by atoms with Crippen molar-refractivity contribution < 1.29 is 14.3 Å². The van der Waals surface area contributed by atoms with Gasteiger partial charge in [-0.2, -0.15) is 0 Å². The van der Waals surface area contributed by atoms with Crippen LogP contribution in [0.4, 0.5) is 11.4 Å². The maximum Gasteiger partial charge on any atom is 0.336 e. The average Bonchev–Trinajstić information content (AvgIpc) is 2.70. The second kappa shape index (κ2) is 8.60. The average molecular weight is 372 g/mol. The van der Waals surface area contributed by atoms with Crippen molar-refractivity contribution in [3.05, 3.63) is 96.6 Å². The van der Waals surface area contributed by atoms with Gasteiger partial charge in [-0.15, -0.1) is 0 Å². The van der Waals surface area contributed by atoms with Gasteiger partial charge in [-0.3, -0.25) is 0 Å². The first-order valence-electron chi connectivity index (χ1n) is 8.58. The fourth-order valence-corrected chi connectivity index (χ4v) is 2.44. The van der Waals surface area contributed by atoms with E-state index in [0.717, 1.165) is 11.1 Å². The quantitative estimate of drug-likeness (QED) is 0.218. The molecule has 3 aromatic rings. The number of hydrogen-bond acceptors (Lipinski definition) is 5. The second-order valence-electron chi connectivity index (χ2n) is 6.01. The topological polar surface area (TPSA) is 87.6 Å². The number of esters is 1. The van der Waals surface area contributed by atoms with E-state index in [0.29, 0.717) is 22.9 Å². The van der Waals surface area contributed by atoms with Crippen LogP contribution in [-0.2, 0) is 4.79 Å². The van der Waals surface area contributed by atoms with Crippen molar-refractivity contribution in [1.29, 1.82) is 0 Å². The lowest BCUT2D eigenvalue weighted by atomic mass is 10.2. The molecule has 0 saturated heterocycles. The van der Waals surface area contributed by atoms with Crippen LogP contribution >= 0.6 is 0 Å². The normalized spacial score (nSPS) is 10.6. The highest BCUT2D eigenvalue weighted by Gasteiger charge is 2.05. The number of benzene rings is 3. The van der Waals surface area contributed by atoms with Gasteiger partial charge >= 0.3 is 5.97 Å². The van der Waals surface area contributed by atoms with Crippen LogP contribution < -0.4 is 20.9 Å². The summed E-state index contributed by atoms with van der Waals surface area (Å²) in [5.41, 5.74) is 13.9. The number of anilines is 2. The smallest absolute Gasteiger partial charge is 0.336 e. The molecule has 0 unspecified atom stereocenters. The molecule has 0 aliphatic heterocycles. The Kier molecular flexibility index (Phi) is 5.77. The molecule has 0 radical (unpaired) electrons. The molecular formula is C23H20N2O3. The van der Waals surface area contributed by atoms with E-state index in [1.54, 1.807) is 30.3 Å². The van der Waals surface area contributed by atoms with Gasteiger partial charge in [-0.25, -0.2) is 4.79 Å². The molecule has 4 N–H and O–H groups in total. The lowest BCUT2D eigenvalue weighted by molar-refractivity contribution is -0.128. The standard InChI is InChI=1S/C23H20N2O3/c1-16(18-5-3-2-4-6-18)27-20-11-7-17(8-12-20)9-14-23(26)28-22-13-10-19(24)15-21(22)25/h2-15H,1,24-25H2/b14-9+. The summed E-state index contributed by atoms with van der Waals surface area (Å²) in [7, 11) is 0. The molecule has 0 aliphatic carbocycles. The van der Waals surface area contributed by atoms with Gasteiger partial charge < -0.3 is 20.9 Å². The Hall–Kier alpha value is -3.99. The van der Waals surface area contributed by atoms with Gasteiger partial charge in [0.05, 0.1) is 5.69 Å². The Morgan fingerprint density at radius 3 is 2.29 bits per heavy atom. The summed E-state index contributed by atoms with van der Waals surface area (Å²) < 4.78 is 11.0. The molecule has 5 heteroatoms. The summed E-state index contributed by atoms with van der Waals surface area (Å²) in [4.78, 5) is 12.0. The van der Waals surface area contributed by atoms with Crippen molar-refractivity contribution in [3.63, 3.8) is 0 Å². The molecule has 0 atom stereocenters. The molecule has 5 nitrogen and oxygen atoms in total. The van der Waals surface area contributed by atoms with Crippen LogP contribution in [0, 0.1) is 0 Å². The second-order valence-corrected chi connectivity index (χ2v) is 6.01. The molecule has 3 rings (SSSR count). The van der Waals surface area contributed by atoms with Crippen molar-refractivity contribution in [1.82, 2.24) is 0 Å². The third kappa shape index (κ3) is 5.02. The third-order valence-corrected chi connectivity index (χ3v) is 3.87. The predicted octanol–water partition coefficient (Wildman–Crippen LogP) is 4.52. The van der Waals surface area contributed by atoms with E-state index in [-0.39, 0.29) is 5.75 Å². The minimum Gasteiger partial charge on any atom is -0.457 e. The van der Waals surface area contributed by atoms with E-state index < -0.39 is 5.97 Å². The van der Waals surface area contributed by atoms with E-state index in [4.69, 9.17) is 20.9 Å². The largest absolute Gasteiger partial charge is 0.457 e. The van der Waals surface area contributed by atoms with Gasteiger partial charge in [-0.05, 0) is 42.0 Å². The van der Waals surface area contributed by atoms with Crippen molar-refractivity contribution in [3.8, 4) is 11.5 Å². The minimum absolute atomic E-state index is 0.270. The number of nitrogen functional groups attached to an aromatic ring is 2. The Balaban J connectivity index is 1.59. The van der Waals surface area contributed by atoms with E-state index in [2.05, 4.69) is 6.58 Å². The van der Waals surface area contributed by atoms with E-state index >= 15 is 0 Å². The van der Waals surface area contributed by atoms with Crippen LogP contribution in [0.3, 0.4) is 0 Å². The fraction of sp³-hybridized carbons (Fsp3) is 0. The number of nitrogens with two attached hydrogens (primary N) is 2. The summed E-state index contributed by atoms with van der Waals surface area (Å²) in [6.07, 6.45) is 2.97. The van der Waals surface area contributed by atoms with Gasteiger partial charge in [-0.1, -0.05) is 49.0 Å². The Morgan fingerprint density at radius 1 is 0.893 bits per heavy atom. The first-order chi connectivity index (χ1) is 13.5. The maximum absolute atomic E-state index is 12.0. The van der Waals surface area contributed by atoms with Crippen molar-refractivity contribution >= 4 is 29.2 Å². The zero-order chi connectivity index (χ0) is 19.9. The van der Waals surface area contributed by atoms with E-state index in [1.165, 1.54) is 12.1 Å². The molecule has 0 heterocycles. The minimum atomic E-state index is -0.533. The first-order valence-corrected chi connectivity index (χ1v) is 8.58. The molecule has 140 valence electrons. The monoisotopic (exact) mass is 372 g/mol. The molecule has 28 heavy (non-hydrogen) atoms. The van der Waals surface area contributed by atoms with Crippen LogP contribution in [0.25, 0.3) is 11.8 Å². The lowest BCUT2D eigenvalue weighted by Crippen LogP contribution is -2.06. The van der Waals surface area contributed by atoms with Crippen LogP contribution in [0.1, 0.15) is 11.1 Å². The molecule has 0 fully saturated rings. The number of hydrogen-bond donors (Lipinski definition) is 2.